The molecule has 0 spiro atoms. The molecule has 10 aromatic carbocycles. The van der Waals surface area contributed by atoms with Crippen molar-refractivity contribution in [2.45, 2.75) is 0 Å². The molecule has 0 fully saturated rings. The number of aromatic nitrogens is 4. The van der Waals surface area contributed by atoms with Crippen molar-refractivity contribution >= 4 is 74.9 Å². The fraction of sp³-hybridized carbons (Fsp3) is 0. The van der Waals surface area contributed by atoms with Crippen LogP contribution in [0.25, 0.3) is 126 Å². The van der Waals surface area contributed by atoms with E-state index in [0.717, 1.165) is 38.5 Å². The Morgan fingerprint density at radius 1 is 0.312 bits per heavy atom. The fourth-order valence-corrected chi connectivity index (χ4v) is 10.8. The number of thiophene rings is 1. The number of fused-ring (bicyclic) bond motifs is 9. The molecule has 0 saturated carbocycles. The average molecular weight is 833 g/mol. The van der Waals surface area contributed by atoms with Crippen LogP contribution in [0.3, 0.4) is 0 Å². The summed E-state index contributed by atoms with van der Waals surface area (Å²) in [5, 5.41) is 9.67. The molecule has 0 radical (unpaired) electrons. The molecule has 64 heavy (non-hydrogen) atoms. The topological polar surface area (TPSA) is 43.6 Å². The van der Waals surface area contributed by atoms with Crippen LogP contribution in [0.2, 0.25) is 0 Å². The molecule has 0 aliphatic heterocycles. The summed E-state index contributed by atoms with van der Waals surface area (Å²) in [6.45, 7) is 0. The van der Waals surface area contributed by atoms with Crippen molar-refractivity contribution in [2.24, 2.45) is 0 Å². The number of rotatable bonds is 6. The predicted octanol–water partition coefficient (Wildman–Crippen LogP) is 16.0. The van der Waals surface area contributed by atoms with Gasteiger partial charge in [-0.05, 0) is 97.4 Å². The molecular formula is C59H36N4S. The van der Waals surface area contributed by atoms with Crippen LogP contribution in [-0.4, -0.2) is 19.5 Å². The van der Waals surface area contributed by atoms with Gasteiger partial charge < -0.3 is 0 Å². The normalized spacial score (nSPS) is 11.8. The molecule has 0 N–H and O–H groups in total. The van der Waals surface area contributed by atoms with Gasteiger partial charge in [0.15, 0.2) is 11.6 Å². The molecule has 3 heterocycles. The van der Waals surface area contributed by atoms with Gasteiger partial charge in [-0.3, -0.25) is 4.57 Å². The highest BCUT2D eigenvalue weighted by Gasteiger charge is 2.21. The van der Waals surface area contributed by atoms with Crippen molar-refractivity contribution in [1.29, 1.82) is 0 Å². The van der Waals surface area contributed by atoms with Crippen molar-refractivity contribution in [3.05, 3.63) is 218 Å². The molecule has 4 nitrogen and oxygen atoms in total. The van der Waals surface area contributed by atoms with Crippen LogP contribution >= 0.6 is 11.3 Å². The standard InChI is InChI=1S/C59H36N4S/c1-3-14-37(15-4-1)38-26-28-39(29-27-38)50-36-43-18-7-8-19-44(43)51-34-41(30-32-45(50)51)42-31-33-54-52(35-42)46-20-9-11-24-53(46)63(54)59-61-57(40-16-5-2-6-17-40)60-58(62-59)49-23-13-22-48-47-21-10-12-25-55(47)64-56(48)49/h1-36H. The van der Waals surface area contributed by atoms with E-state index < -0.39 is 0 Å². The molecule has 5 heteroatoms. The van der Waals surface area contributed by atoms with Crippen LogP contribution in [-0.2, 0) is 0 Å². The minimum atomic E-state index is 0.586. The van der Waals surface area contributed by atoms with Crippen LogP contribution in [0.5, 0.6) is 0 Å². The zero-order chi connectivity index (χ0) is 42.1. The third-order valence-corrected chi connectivity index (χ3v) is 13.9. The van der Waals surface area contributed by atoms with Gasteiger partial charge in [-0.15, -0.1) is 11.3 Å². The third-order valence-electron chi connectivity index (χ3n) is 12.7. The maximum absolute atomic E-state index is 5.34. The Balaban J connectivity index is 0.973. The molecule has 0 amide bonds. The van der Waals surface area contributed by atoms with Gasteiger partial charge in [0, 0.05) is 42.1 Å². The third kappa shape index (κ3) is 5.93. The second-order valence-corrected chi connectivity index (χ2v) is 17.4. The molecule has 0 aliphatic carbocycles. The first-order chi connectivity index (χ1) is 31.7. The maximum atomic E-state index is 5.34. The van der Waals surface area contributed by atoms with E-state index in [4.69, 9.17) is 15.0 Å². The molecule has 0 bridgehead atoms. The summed E-state index contributed by atoms with van der Waals surface area (Å²) in [6.07, 6.45) is 0. The van der Waals surface area contributed by atoms with Crippen molar-refractivity contribution in [1.82, 2.24) is 19.5 Å². The molecule has 0 atom stereocenters. The summed E-state index contributed by atoms with van der Waals surface area (Å²) in [4.78, 5) is 15.7. The lowest BCUT2D eigenvalue weighted by atomic mass is 9.90. The highest BCUT2D eigenvalue weighted by molar-refractivity contribution is 7.26. The van der Waals surface area contributed by atoms with Crippen LogP contribution in [0.15, 0.2) is 218 Å². The van der Waals surface area contributed by atoms with Crippen LogP contribution in [0.1, 0.15) is 0 Å². The minimum absolute atomic E-state index is 0.586. The number of hydrogen-bond acceptors (Lipinski definition) is 4. The van der Waals surface area contributed by atoms with Crippen LogP contribution < -0.4 is 0 Å². The zero-order valence-corrected chi connectivity index (χ0v) is 35.3. The lowest BCUT2D eigenvalue weighted by Crippen LogP contribution is -2.06. The summed E-state index contributed by atoms with van der Waals surface area (Å²) in [5.41, 5.74) is 11.2. The largest absolute Gasteiger partial charge is 0.278 e. The Labute approximate surface area is 373 Å². The molecule has 3 aromatic heterocycles. The van der Waals surface area contributed by atoms with Gasteiger partial charge in [0.2, 0.25) is 5.95 Å². The van der Waals surface area contributed by atoms with E-state index in [1.165, 1.54) is 69.5 Å². The van der Waals surface area contributed by atoms with Crippen molar-refractivity contribution in [3.63, 3.8) is 0 Å². The summed E-state index contributed by atoms with van der Waals surface area (Å²) in [6, 6.07) is 78.3. The molecule has 298 valence electrons. The van der Waals surface area contributed by atoms with Crippen molar-refractivity contribution in [2.75, 3.05) is 0 Å². The Bertz CT molecular complexity index is 3940. The first-order valence-electron chi connectivity index (χ1n) is 21.6. The Kier molecular flexibility index (Phi) is 8.36. The van der Waals surface area contributed by atoms with Crippen molar-refractivity contribution in [3.8, 4) is 62.1 Å². The highest BCUT2D eigenvalue weighted by atomic mass is 32.1. The smallest absolute Gasteiger partial charge is 0.238 e. The number of para-hydroxylation sites is 1. The van der Waals surface area contributed by atoms with Gasteiger partial charge in [0.05, 0.1) is 11.0 Å². The van der Waals surface area contributed by atoms with Crippen LogP contribution in [0.4, 0.5) is 0 Å². The quantitative estimate of drug-likeness (QED) is 0.157. The lowest BCUT2D eigenvalue weighted by molar-refractivity contribution is 0.954. The predicted molar refractivity (Wildman–Crippen MR) is 269 cm³/mol. The van der Waals surface area contributed by atoms with E-state index in [1.54, 1.807) is 11.3 Å². The molecule has 0 saturated heterocycles. The first kappa shape index (κ1) is 36.4. The Morgan fingerprint density at radius 3 is 1.73 bits per heavy atom. The van der Waals surface area contributed by atoms with Gasteiger partial charge in [0.1, 0.15) is 0 Å². The van der Waals surface area contributed by atoms with E-state index in [-0.39, 0.29) is 0 Å². The van der Waals surface area contributed by atoms with E-state index in [0.29, 0.717) is 17.6 Å². The van der Waals surface area contributed by atoms with Gasteiger partial charge in [-0.1, -0.05) is 176 Å². The SMILES string of the molecule is c1ccc(-c2ccc(-c3cc4ccccc4c4cc(-c5ccc6c(c5)c5ccccc5n6-c5nc(-c6ccccc6)nc(-c6cccc7c6sc6ccccc67)n5)ccc34)cc2)cc1. The lowest BCUT2D eigenvalue weighted by Gasteiger charge is -2.14. The first-order valence-corrected chi connectivity index (χ1v) is 22.4. The summed E-state index contributed by atoms with van der Waals surface area (Å²) in [7, 11) is 0. The zero-order valence-electron chi connectivity index (χ0n) is 34.5. The molecule has 13 aromatic rings. The van der Waals surface area contributed by atoms with E-state index in [1.807, 2.05) is 18.2 Å². The van der Waals surface area contributed by atoms with Crippen molar-refractivity contribution < 1.29 is 0 Å². The molecule has 13 rings (SSSR count). The molecule has 0 aliphatic rings. The average Bonchev–Trinajstić information content (AvgIpc) is 3.92. The highest BCUT2D eigenvalue weighted by Crippen LogP contribution is 2.42. The van der Waals surface area contributed by atoms with E-state index in [2.05, 4.69) is 205 Å². The second kappa shape index (κ2) is 14.7. The summed E-state index contributed by atoms with van der Waals surface area (Å²) >= 11 is 1.79. The van der Waals surface area contributed by atoms with Gasteiger partial charge in [-0.2, -0.15) is 9.97 Å². The van der Waals surface area contributed by atoms with Gasteiger partial charge in [-0.25, -0.2) is 4.98 Å². The number of hydrogen-bond donors (Lipinski definition) is 0. The second-order valence-electron chi connectivity index (χ2n) is 16.4. The number of benzene rings is 10. The monoisotopic (exact) mass is 832 g/mol. The minimum Gasteiger partial charge on any atom is -0.278 e. The number of nitrogens with zero attached hydrogens (tertiary/aromatic N) is 4. The Hall–Kier alpha value is -8.25. The van der Waals surface area contributed by atoms with E-state index in [9.17, 15) is 0 Å². The van der Waals surface area contributed by atoms with Gasteiger partial charge >= 0.3 is 0 Å². The van der Waals surface area contributed by atoms with E-state index >= 15 is 0 Å². The molecular weight excluding hydrogens is 797 g/mol. The maximum Gasteiger partial charge on any atom is 0.238 e. The van der Waals surface area contributed by atoms with Gasteiger partial charge in [0.25, 0.3) is 0 Å². The molecule has 0 unspecified atom stereocenters. The van der Waals surface area contributed by atoms with Crippen LogP contribution in [0, 0.1) is 0 Å². The fourth-order valence-electron chi connectivity index (χ4n) is 9.59. The Morgan fingerprint density at radius 2 is 0.906 bits per heavy atom. The summed E-state index contributed by atoms with van der Waals surface area (Å²) in [5.74, 6) is 1.87. The summed E-state index contributed by atoms with van der Waals surface area (Å²) < 4.78 is 4.62.